The molecule has 1 saturated heterocycles. The highest BCUT2D eigenvalue weighted by Crippen LogP contribution is 2.29. The van der Waals surface area contributed by atoms with Crippen molar-refractivity contribution >= 4 is 27.5 Å². The number of ether oxygens (including phenoxy) is 1. The van der Waals surface area contributed by atoms with Gasteiger partial charge in [-0.05, 0) is 40.8 Å². The predicted octanol–water partition coefficient (Wildman–Crippen LogP) is 2.96. The number of benzene rings is 2. The molecule has 2 aromatic heterocycles. The highest BCUT2D eigenvalue weighted by atomic mass is 32.1. The Morgan fingerprint density at radius 1 is 1.10 bits per heavy atom. The van der Waals surface area contributed by atoms with Gasteiger partial charge in [0.2, 0.25) is 0 Å². The predicted molar refractivity (Wildman–Crippen MR) is 108 cm³/mol. The molecule has 1 aliphatic rings. The lowest BCUT2D eigenvalue weighted by Crippen LogP contribution is -2.41. The Balaban J connectivity index is 1.22. The van der Waals surface area contributed by atoms with Crippen LogP contribution in [0.25, 0.3) is 15.9 Å². The zero-order valence-corrected chi connectivity index (χ0v) is 16.3. The molecule has 9 heteroatoms. The summed E-state index contributed by atoms with van der Waals surface area (Å²) < 4.78 is 8.75. The molecule has 2 aromatic carbocycles. The van der Waals surface area contributed by atoms with Crippen molar-refractivity contribution in [2.45, 2.75) is 18.9 Å². The first-order valence-corrected chi connectivity index (χ1v) is 10.2. The smallest absolute Gasteiger partial charge is 0.274 e. The van der Waals surface area contributed by atoms with Crippen LogP contribution in [0.5, 0.6) is 5.19 Å². The summed E-state index contributed by atoms with van der Waals surface area (Å²) in [5.74, 6) is 0.0124. The molecule has 146 valence electrons. The maximum atomic E-state index is 12.9. The molecule has 3 heterocycles. The second kappa shape index (κ2) is 7.59. The molecule has 0 radical (unpaired) electrons. The van der Waals surface area contributed by atoms with Crippen LogP contribution >= 0.6 is 11.3 Å². The third-order valence-electron chi connectivity index (χ3n) is 4.98. The zero-order chi connectivity index (χ0) is 19.6. The Labute approximate surface area is 170 Å². The number of thiazole rings is 1. The van der Waals surface area contributed by atoms with E-state index in [0.717, 1.165) is 28.7 Å². The van der Waals surface area contributed by atoms with Crippen molar-refractivity contribution in [1.82, 2.24) is 30.1 Å². The summed E-state index contributed by atoms with van der Waals surface area (Å²) in [5, 5.41) is 11.8. The molecule has 1 fully saturated rings. The average molecular weight is 406 g/mol. The molecule has 0 saturated carbocycles. The number of rotatable bonds is 4. The molecule has 29 heavy (non-hydrogen) atoms. The van der Waals surface area contributed by atoms with Gasteiger partial charge in [-0.2, -0.15) is 0 Å². The summed E-state index contributed by atoms with van der Waals surface area (Å²) in [7, 11) is 0. The number of hydrogen-bond acceptors (Lipinski definition) is 7. The fraction of sp³-hybridized carbons (Fsp3) is 0.250. The van der Waals surface area contributed by atoms with E-state index in [0.29, 0.717) is 23.8 Å². The van der Waals surface area contributed by atoms with Crippen LogP contribution < -0.4 is 4.74 Å². The standard InChI is InChI=1S/C20H18N6O2S/c27-19(14-4-3-5-15(12-14)26-13-21-23-24-26)25-10-8-16(9-11-25)28-20-22-17-6-1-2-7-18(17)29-20/h1-7,12-13,16H,8-11H2. The Hall–Kier alpha value is -3.33. The summed E-state index contributed by atoms with van der Waals surface area (Å²) in [6.45, 7) is 1.31. The van der Waals surface area contributed by atoms with Crippen molar-refractivity contribution in [2.24, 2.45) is 0 Å². The maximum Gasteiger partial charge on any atom is 0.274 e. The molecule has 1 aliphatic heterocycles. The lowest BCUT2D eigenvalue weighted by atomic mass is 10.1. The SMILES string of the molecule is O=C(c1cccc(-n2cnnn2)c1)N1CCC(Oc2nc3ccccc3s2)CC1. The van der Waals surface area contributed by atoms with Crippen LogP contribution in [0.1, 0.15) is 23.2 Å². The summed E-state index contributed by atoms with van der Waals surface area (Å²) >= 11 is 1.56. The van der Waals surface area contributed by atoms with Gasteiger partial charge in [0.15, 0.2) is 0 Å². The lowest BCUT2D eigenvalue weighted by Gasteiger charge is -2.31. The van der Waals surface area contributed by atoms with E-state index in [1.807, 2.05) is 53.4 Å². The maximum absolute atomic E-state index is 12.9. The highest BCUT2D eigenvalue weighted by molar-refractivity contribution is 7.20. The minimum Gasteiger partial charge on any atom is -0.467 e. The van der Waals surface area contributed by atoms with Gasteiger partial charge in [-0.25, -0.2) is 9.67 Å². The monoisotopic (exact) mass is 406 g/mol. The summed E-state index contributed by atoms with van der Waals surface area (Å²) in [6.07, 6.45) is 3.16. The molecule has 8 nitrogen and oxygen atoms in total. The highest BCUT2D eigenvalue weighted by Gasteiger charge is 2.25. The quantitative estimate of drug-likeness (QED) is 0.518. The Morgan fingerprint density at radius 3 is 2.76 bits per heavy atom. The van der Waals surface area contributed by atoms with Crippen LogP contribution in [0.4, 0.5) is 0 Å². The number of para-hydroxylation sites is 1. The van der Waals surface area contributed by atoms with E-state index in [9.17, 15) is 4.79 Å². The van der Waals surface area contributed by atoms with E-state index in [-0.39, 0.29) is 12.0 Å². The number of tetrazole rings is 1. The Bertz CT molecular complexity index is 1100. The number of piperidine rings is 1. The third-order valence-corrected chi connectivity index (χ3v) is 5.90. The zero-order valence-electron chi connectivity index (χ0n) is 15.5. The van der Waals surface area contributed by atoms with Gasteiger partial charge in [-0.3, -0.25) is 4.79 Å². The van der Waals surface area contributed by atoms with Crippen molar-refractivity contribution in [3.05, 3.63) is 60.4 Å². The first-order chi connectivity index (χ1) is 14.3. The number of nitrogens with zero attached hydrogens (tertiary/aromatic N) is 6. The van der Waals surface area contributed by atoms with Crippen LogP contribution in [-0.4, -0.2) is 55.2 Å². The van der Waals surface area contributed by atoms with Gasteiger partial charge < -0.3 is 9.64 Å². The summed E-state index contributed by atoms with van der Waals surface area (Å²) in [5.41, 5.74) is 2.35. The van der Waals surface area contributed by atoms with Gasteiger partial charge in [0.1, 0.15) is 12.4 Å². The van der Waals surface area contributed by atoms with Crippen LogP contribution in [-0.2, 0) is 0 Å². The number of carbonyl (C=O) groups is 1. The minimum absolute atomic E-state index is 0.0124. The van der Waals surface area contributed by atoms with Crippen molar-refractivity contribution < 1.29 is 9.53 Å². The molecule has 0 N–H and O–H groups in total. The van der Waals surface area contributed by atoms with Gasteiger partial charge >= 0.3 is 0 Å². The number of carbonyl (C=O) groups excluding carboxylic acids is 1. The van der Waals surface area contributed by atoms with Gasteiger partial charge in [0.05, 0.1) is 15.9 Å². The number of aromatic nitrogens is 5. The Morgan fingerprint density at radius 2 is 1.97 bits per heavy atom. The van der Waals surface area contributed by atoms with E-state index < -0.39 is 0 Å². The van der Waals surface area contributed by atoms with Crippen molar-refractivity contribution in [3.63, 3.8) is 0 Å². The van der Waals surface area contributed by atoms with Crippen molar-refractivity contribution in [1.29, 1.82) is 0 Å². The summed E-state index contributed by atoms with van der Waals surface area (Å²) in [4.78, 5) is 19.3. The molecule has 0 unspecified atom stereocenters. The molecule has 4 aromatic rings. The van der Waals surface area contributed by atoms with E-state index in [1.54, 1.807) is 11.3 Å². The van der Waals surface area contributed by atoms with Gasteiger partial charge in [0, 0.05) is 31.5 Å². The molecule has 5 rings (SSSR count). The molecule has 0 spiro atoms. The molecular formula is C20H18N6O2S. The number of likely N-dealkylation sites (tertiary alicyclic amines) is 1. The van der Waals surface area contributed by atoms with Crippen LogP contribution in [0, 0.1) is 0 Å². The van der Waals surface area contributed by atoms with E-state index in [4.69, 9.17) is 4.74 Å². The topological polar surface area (TPSA) is 86.0 Å². The van der Waals surface area contributed by atoms with Gasteiger partial charge in [0.25, 0.3) is 11.1 Å². The van der Waals surface area contributed by atoms with Gasteiger partial charge in [-0.1, -0.05) is 29.5 Å². The fourth-order valence-corrected chi connectivity index (χ4v) is 4.35. The summed E-state index contributed by atoms with van der Waals surface area (Å²) in [6, 6.07) is 15.3. The molecule has 0 aliphatic carbocycles. The lowest BCUT2D eigenvalue weighted by molar-refractivity contribution is 0.0595. The second-order valence-electron chi connectivity index (χ2n) is 6.86. The van der Waals surface area contributed by atoms with Crippen molar-refractivity contribution in [3.8, 4) is 10.9 Å². The van der Waals surface area contributed by atoms with Crippen LogP contribution in [0.2, 0.25) is 0 Å². The van der Waals surface area contributed by atoms with E-state index in [1.165, 1.54) is 11.0 Å². The normalized spacial score (nSPS) is 15.0. The minimum atomic E-state index is 0.0124. The second-order valence-corrected chi connectivity index (χ2v) is 7.85. The van der Waals surface area contributed by atoms with Crippen molar-refractivity contribution in [2.75, 3.05) is 13.1 Å². The van der Waals surface area contributed by atoms with Crippen LogP contribution in [0.15, 0.2) is 54.9 Å². The first kappa shape index (κ1) is 17.7. The first-order valence-electron chi connectivity index (χ1n) is 9.41. The number of hydrogen-bond donors (Lipinski definition) is 0. The largest absolute Gasteiger partial charge is 0.467 e. The third kappa shape index (κ3) is 3.68. The molecule has 0 atom stereocenters. The van der Waals surface area contributed by atoms with E-state index in [2.05, 4.69) is 20.5 Å². The molecule has 1 amide bonds. The van der Waals surface area contributed by atoms with Gasteiger partial charge in [-0.15, -0.1) is 5.10 Å². The Kier molecular flexibility index (Phi) is 4.65. The number of fused-ring (bicyclic) bond motifs is 1. The fourth-order valence-electron chi connectivity index (χ4n) is 3.46. The molecule has 0 bridgehead atoms. The number of amides is 1. The van der Waals surface area contributed by atoms with E-state index >= 15 is 0 Å². The average Bonchev–Trinajstić information content (AvgIpc) is 3.43. The molecular weight excluding hydrogens is 388 g/mol. The van der Waals surface area contributed by atoms with Crippen LogP contribution in [0.3, 0.4) is 0 Å².